The lowest BCUT2D eigenvalue weighted by Crippen LogP contribution is -2.67. The zero-order valence-corrected chi connectivity index (χ0v) is 17.1. The Kier molecular flexibility index (Phi) is 6.58. The molecule has 6 N–H and O–H groups in total. The van der Waals surface area contributed by atoms with E-state index < -0.39 is 0 Å². The number of benzene rings is 2. The van der Waals surface area contributed by atoms with Gasteiger partial charge < -0.3 is 20.9 Å². The van der Waals surface area contributed by atoms with E-state index in [0.29, 0.717) is 0 Å². The van der Waals surface area contributed by atoms with Crippen molar-refractivity contribution in [3.05, 3.63) is 60.7 Å². The van der Waals surface area contributed by atoms with Gasteiger partial charge in [-0.05, 0) is 49.2 Å². The molecule has 0 aliphatic carbocycles. The number of aromatic nitrogens is 2. The number of carbonyl (C=O) groups excluding carboxylic acids is 1. The zero-order valence-electron chi connectivity index (χ0n) is 17.1. The maximum absolute atomic E-state index is 12.5. The molecule has 4 rings (SSSR count). The Bertz CT molecular complexity index is 959. The monoisotopic (exact) mass is 407 g/mol. The lowest BCUT2D eigenvalue weighted by Gasteiger charge is -2.36. The van der Waals surface area contributed by atoms with Gasteiger partial charge in [-0.25, -0.2) is 9.78 Å². The summed E-state index contributed by atoms with van der Waals surface area (Å²) >= 11 is 0. The van der Waals surface area contributed by atoms with Crippen molar-refractivity contribution in [1.29, 1.82) is 0 Å². The van der Waals surface area contributed by atoms with Gasteiger partial charge in [0.25, 0.3) is 0 Å². The fraction of sp³-hybridized carbons (Fsp3) is 0.364. The number of hydrogen-bond donors (Lipinski definition) is 6. The van der Waals surface area contributed by atoms with Crippen LogP contribution in [0.4, 0.5) is 10.5 Å². The zero-order chi connectivity index (χ0) is 20.8. The Labute approximate surface area is 176 Å². The lowest BCUT2D eigenvalue weighted by atomic mass is 10.1. The molecule has 2 heterocycles. The summed E-state index contributed by atoms with van der Waals surface area (Å²) in [4.78, 5) is 19.9. The van der Waals surface area contributed by atoms with Gasteiger partial charge in [0.05, 0.1) is 6.17 Å². The number of fused-ring (bicyclic) bond motifs is 1. The third-order valence-corrected chi connectivity index (χ3v) is 5.23. The molecule has 2 amide bonds. The average Bonchev–Trinajstić information content (AvgIpc) is 3.24. The number of rotatable bonds is 7. The van der Waals surface area contributed by atoms with Crippen molar-refractivity contribution in [2.75, 3.05) is 11.9 Å². The van der Waals surface area contributed by atoms with Crippen LogP contribution in [0.5, 0.6) is 0 Å². The molecule has 0 saturated carbocycles. The van der Waals surface area contributed by atoms with Crippen molar-refractivity contribution in [3.8, 4) is 0 Å². The van der Waals surface area contributed by atoms with Crippen LogP contribution in [-0.4, -0.2) is 41.0 Å². The topological polar surface area (TPSA) is 106 Å². The minimum Gasteiger partial charge on any atom is -0.349 e. The number of H-pyrrole nitrogens is 1. The summed E-state index contributed by atoms with van der Waals surface area (Å²) in [5.41, 5.74) is 0.766. The van der Waals surface area contributed by atoms with Gasteiger partial charge in [0, 0.05) is 30.5 Å². The normalized spacial score (nSPS) is 21.4. The second-order valence-corrected chi connectivity index (χ2v) is 7.71. The molecule has 3 atom stereocenters. The fourth-order valence-electron chi connectivity index (χ4n) is 3.78. The maximum atomic E-state index is 12.5. The molecule has 8 nitrogen and oxygen atoms in total. The van der Waals surface area contributed by atoms with E-state index in [2.05, 4.69) is 49.5 Å². The van der Waals surface area contributed by atoms with Gasteiger partial charge in [-0.3, -0.25) is 10.6 Å². The molecule has 2 aromatic carbocycles. The van der Waals surface area contributed by atoms with E-state index in [0.717, 1.165) is 48.1 Å². The van der Waals surface area contributed by atoms with Gasteiger partial charge in [0.15, 0.2) is 0 Å². The molecule has 1 fully saturated rings. The van der Waals surface area contributed by atoms with Crippen molar-refractivity contribution >= 4 is 22.5 Å². The van der Waals surface area contributed by atoms with Crippen LogP contribution in [0.15, 0.2) is 54.9 Å². The van der Waals surface area contributed by atoms with Gasteiger partial charge in [-0.15, -0.1) is 0 Å². The predicted octanol–water partition coefficient (Wildman–Crippen LogP) is 2.49. The average molecular weight is 408 g/mol. The summed E-state index contributed by atoms with van der Waals surface area (Å²) in [6, 6.07) is 14.0. The number of anilines is 1. The summed E-state index contributed by atoms with van der Waals surface area (Å²) in [6.45, 7) is 3.00. The van der Waals surface area contributed by atoms with Crippen LogP contribution >= 0.6 is 0 Å². The van der Waals surface area contributed by atoms with Crippen LogP contribution in [0.25, 0.3) is 10.8 Å². The van der Waals surface area contributed by atoms with Gasteiger partial charge >= 0.3 is 6.03 Å². The first-order chi connectivity index (χ1) is 14.7. The van der Waals surface area contributed by atoms with Gasteiger partial charge in [0.2, 0.25) is 0 Å². The number of carbonyl (C=O) groups is 1. The highest BCUT2D eigenvalue weighted by atomic mass is 16.2. The minimum atomic E-state index is -0.309. The van der Waals surface area contributed by atoms with Crippen LogP contribution < -0.4 is 26.6 Å². The van der Waals surface area contributed by atoms with Crippen molar-refractivity contribution in [2.24, 2.45) is 0 Å². The highest BCUT2D eigenvalue weighted by molar-refractivity contribution is 5.93. The van der Waals surface area contributed by atoms with Crippen molar-refractivity contribution in [3.63, 3.8) is 0 Å². The van der Waals surface area contributed by atoms with Crippen LogP contribution in [-0.2, 0) is 6.42 Å². The summed E-state index contributed by atoms with van der Waals surface area (Å²) < 4.78 is 0. The number of hydrogen-bond acceptors (Lipinski definition) is 5. The number of imidazole rings is 1. The largest absolute Gasteiger partial charge is 0.349 e. The second kappa shape index (κ2) is 9.71. The molecule has 1 aliphatic heterocycles. The quantitative estimate of drug-likeness (QED) is 0.338. The minimum absolute atomic E-state index is 0.129. The summed E-state index contributed by atoms with van der Waals surface area (Å²) in [5.74, 6) is 1.01. The summed E-state index contributed by atoms with van der Waals surface area (Å²) in [5, 5.41) is 18.4. The molecule has 8 heteroatoms. The molecule has 30 heavy (non-hydrogen) atoms. The van der Waals surface area contributed by atoms with Gasteiger partial charge in [-0.2, -0.15) is 0 Å². The van der Waals surface area contributed by atoms with Crippen LogP contribution in [0, 0.1) is 0 Å². The summed E-state index contributed by atoms with van der Waals surface area (Å²) in [7, 11) is 0. The molecule has 0 radical (unpaired) electrons. The fourth-order valence-corrected chi connectivity index (χ4v) is 3.78. The highest BCUT2D eigenvalue weighted by Crippen LogP contribution is 2.18. The van der Waals surface area contributed by atoms with E-state index in [1.165, 1.54) is 0 Å². The molecular weight excluding hydrogens is 378 g/mol. The van der Waals surface area contributed by atoms with E-state index in [4.69, 9.17) is 0 Å². The van der Waals surface area contributed by atoms with Crippen LogP contribution in [0.2, 0.25) is 0 Å². The number of aromatic amines is 1. The Morgan fingerprint density at radius 2 is 2.03 bits per heavy atom. The Hall–Kier alpha value is -2.94. The van der Waals surface area contributed by atoms with E-state index in [1.807, 2.05) is 42.6 Å². The smallest absolute Gasteiger partial charge is 0.321 e. The van der Waals surface area contributed by atoms with Gasteiger partial charge in [0.1, 0.15) is 12.1 Å². The molecular formula is C22H29N7O. The highest BCUT2D eigenvalue weighted by Gasteiger charge is 2.25. The Morgan fingerprint density at radius 3 is 2.87 bits per heavy atom. The first-order valence-electron chi connectivity index (χ1n) is 10.5. The summed E-state index contributed by atoms with van der Waals surface area (Å²) in [6.07, 6.45) is 6.28. The van der Waals surface area contributed by atoms with E-state index in [-0.39, 0.29) is 24.5 Å². The maximum Gasteiger partial charge on any atom is 0.321 e. The number of amides is 2. The van der Waals surface area contributed by atoms with Crippen molar-refractivity contribution in [1.82, 2.24) is 31.2 Å². The number of urea groups is 1. The van der Waals surface area contributed by atoms with Crippen molar-refractivity contribution < 1.29 is 4.79 Å². The number of nitrogens with zero attached hydrogens (tertiary/aromatic N) is 1. The standard InChI is InChI=1S/C22H29N7O/c1-15-13-20(23-10-4-7-19-24-11-12-25-19)28-21(26-15)29-22(30)27-18-9-8-16-5-2-3-6-17(16)14-18/h2-3,5-6,8-9,11-12,14-15,20-21,23,26,28H,4,7,10,13H2,1H3,(H,24,25)(H2,27,29,30). The SMILES string of the molecule is CC1CC(NCCCc2ncc[nH]2)NC(NC(=O)Nc2ccc3ccccc3c2)N1. The van der Waals surface area contributed by atoms with E-state index in [9.17, 15) is 4.79 Å². The third-order valence-electron chi connectivity index (χ3n) is 5.23. The first-order valence-corrected chi connectivity index (χ1v) is 10.5. The molecule has 3 unspecified atom stereocenters. The van der Waals surface area contributed by atoms with E-state index >= 15 is 0 Å². The Morgan fingerprint density at radius 1 is 1.17 bits per heavy atom. The third kappa shape index (κ3) is 5.56. The number of aryl methyl sites for hydroxylation is 1. The van der Waals surface area contributed by atoms with Crippen LogP contribution in [0.3, 0.4) is 0 Å². The molecule has 1 saturated heterocycles. The molecule has 0 spiro atoms. The van der Waals surface area contributed by atoms with E-state index in [1.54, 1.807) is 6.20 Å². The van der Waals surface area contributed by atoms with Crippen LogP contribution in [0.1, 0.15) is 25.6 Å². The second-order valence-electron chi connectivity index (χ2n) is 7.71. The molecule has 1 aliphatic rings. The van der Waals surface area contributed by atoms with Gasteiger partial charge in [-0.1, -0.05) is 30.3 Å². The lowest BCUT2D eigenvalue weighted by molar-refractivity contribution is 0.193. The molecule has 3 aromatic rings. The Balaban J connectivity index is 1.24. The molecule has 0 bridgehead atoms. The first kappa shape index (κ1) is 20.3. The molecule has 158 valence electrons. The molecule has 1 aromatic heterocycles. The van der Waals surface area contributed by atoms with Crippen molar-refractivity contribution in [2.45, 2.75) is 44.7 Å². The number of nitrogens with one attached hydrogen (secondary N) is 6. The predicted molar refractivity (Wildman–Crippen MR) is 119 cm³/mol.